The highest BCUT2D eigenvalue weighted by molar-refractivity contribution is 5.62. The lowest BCUT2D eigenvalue weighted by Gasteiger charge is -1.98. The summed E-state index contributed by atoms with van der Waals surface area (Å²) in [7, 11) is 0. The van der Waals surface area contributed by atoms with E-state index in [0.717, 1.165) is 0 Å². The van der Waals surface area contributed by atoms with Crippen molar-refractivity contribution in [2.75, 3.05) is 0 Å². The average molecular weight is 159 g/mol. The molecule has 0 heteroatoms. The van der Waals surface area contributed by atoms with Gasteiger partial charge in [0.15, 0.2) is 0 Å². The summed E-state index contributed by atoms with van der Waals surface area (Å²) in [6.07, 6.45) is 0. The molecule has 0 atom stereocenters. The Balaban J connectivity index is 2.80. The van der Waals surface area contributed by atoms with Crippen LogP contribution in [-0.2, 0) is 0 Å². The van der Waals surface area contributed by atoms with E-state index >= 15 is 0 Å². The van der Waals surface area contributed by atoms with E-state index < -0.39 is 0 Å². The minimum absolute atomic E-state index is 0.165. The van der Waals surface area contributed by atoms with Crippen LogP contribution in [0.1, 0.15) is 6.85 Å². The van der Waals surface area contributed by atoms with Gasteiger partial charge in [0.2, 0.25) is 0 Å². The van der Waals surface area contributed by atoms with Crippen molar-refractivity contribution in [3.63, 3.8) is 0 Å². The molecule has 58 valence electrons. The van der Waals surface area contributed by atoms with Crippen LogP contribution >= 0.6 is 0 Å². The zero-order valence-corrected chi connectivity index (χ0v) is 6.39. The van der Waals surface area contributed by atoms with Crippen molar-refractivity contribution in [1.82, 2.24) is 0 Å². The van der Waals surface area contributed by atoms with Crippen LogP contribution in [0, 0.1) is 0 Å². The van der Waals surface area contributed by atoms with Crippen LogP contribution in [0.3, 0.4) is 0 Å². The molecule has 0 aromatic heterocycles. The molecule has 0 N–H and O–H groups in total. The largest absolute Gasteiger partial charge is 0.0629 e. The number of hydrogen-bond donors (Lipinski definition) is 0. The van der Waals surface area contributed by atoms with Crippen molar-refractivity contribution in [2.45, 2.75) is 0 Å². The highest BCUT2D eigenvalue weighted by atomic mass is 14.0. The summed E-state index contributed by atoms with van der Waals surface area (Å²) in [5.74, 6) is 0. The molecule has 2 aromatic rings. The maximum atomic E-state index is 7.80. The van der Waals surface area contributed by atoms with Crippen LogP contribution < -0.4 is 0 Å². The fourth-order valence-corrected chi connectivity index (χ4v) is 0.999. The van der Waals surface area contributed by atoms with Crippen LogP contribution in [-0.4, -0.2) is 0 Å². The van der Waals surface area contributed by atoms with Crippen molar-refractivity contribution in [1.29, 1.82) is 0 Å². The zero-order chi connectivity index (χ0) is 12.6. The maximum absolute atomic E-state index is 7.80. The molecule has 0 heterocycles. The Kier molecular flexibility index (Phi) is 0.925. The van der Waals surface area contributed by atoms with Gasteiger partial charge in [0.1, 0.15) is 0 Å². The quantitative estimate of drug-likeness (QED) is 0.598. The molecule has 0 aliphatic carbocycles. The summed E-state index contributed by atoms with van der Waals surface area (Å²) in [4.78, 5) is 0. The summed E-state index contributed by atoms with van der Waals surface area (Å²) < 4.78 is 38.3. The molecule has 0 radical (unpaired) electrons. The standard InChI is InChI=1S/C12H10/c1-3-7-11(8-4-1)12-9-5-2-6-10-12/h1-10H/i1D,3D,4D,7D,8D. The molecule has 0 unspecified atom stereocenters. The predicted octanol–water partition coefficient (Wildman–Crippen LogP) is 3.35. The van der Waals surface area contributed by atoms with E-state index in [1.165, 1.54) is 0 Å². The topological polar surface area (TPSA) is 0 Å². The van der Waals surface area contributed by atoms with Gasteiger partial charge in [-0.2, -0.15) is 0 Å². The van der Waals surface area contributed by atoms with Crippen molar-refractivity contribution >= 4 is 0 Å². The first-order valence-corrected chi connectivity index (χ1v) is 3.66. The summed E-state index contributed by atoms with van der Waals surface area (Å²) in [5, 5.41) is 0. The smallest absolute Gasteiger partial charge is 0.0622 e. The summed E-state index contributed by atoms with van der Waals surface area (Å²) in [6, 6.07) is 7.53. The van der Waals surface area contributed by atoms with Crippen LogP contribution in [0.4, 0.5) is 0 Å². The van der Waals surface area contributed by atoms with E-state index in [2.05, 4.69) is 0 Å². The van der Waals surface area contributed by atoms with Crippen molar-refractivity contribution in [2.24, 2.45) is 0 Å². The molecule has 0 amide bonds. The van der Waals surface area contributed by atoms with E-state index in [0.29, 0.717) is 5.56 Å². The third-order valence-electron chi connectivity index (χ3n) is 1.56. The molecular formula is C12H10. The van der Waals surface area contributed by atoms with Crippen LogP contribution in [0.5, 0.6) is 0 Å². The lowest BCUT2D eigenvalue weighted by Crippen LogP contribution is -1.73. The molecule has 0 saturated carbocycles. The third-order valence-corrected chi connectivity index (χ3v) is 1.56. The van der Waals surface area contributed by atoms with Gasteiger partial charge in [-0.05, 0) is 11.1 Å². The van der Waals surface area contributed by atoms with Crippen LogP contribution in [0.15, 0.2) is 60.5 Å². The Morgan fingerprint density at radius 2 is 1.42 bits per heavy atom. The SMILES string of the molecule is [2H]c1c([2H])c([2H])c(-c2ccccc2)c([2H])c1[2H]. The molecular weight excluding hydrogens is 144 g/mol. The van der Waals surface area contributed by atoms with Crippen LogP contribution in [0.2, 0.25) is 0 Å². The molecule has 0 bridgehead atoms. The Morgan fingerprint density at radius 3 is 2.08 bits per heavy atom. The van der Waals surface area contributed by atoms with Gasteiger partial charge in [-0.25, -0.2) is 0 Å². The van der Waals surface area contributed by atoms with E-state index in [-0.39, 0.29) is 35.8 Å². The molecule has 0 saturated heterocycles. The molecule has 12 heavy (non-hydrogen) atoms. The molecule has 0 aliphatic rings. The van der Waals surface area contributed by atoms with Gasteiger partial charge in [-0.15, -0.1) is 0 Å². The van der Waals surface area contributed by atoms with Gasteiger partial charge < -0.3 is 0 Å². The van der Waals surface area contributed by atoms with E-state index in [1.54, 1.807) is 24.3 Å². The van der Waals surface area contributed by atoms with Crippen LogP contribution in [0.25, 0.3) is 11.1 Å². The molecule has 0 spiro atoms. The Bertz CT molecular complexity index is 534. The fourth-order valence-electron chi connectivity index (χ4n) is 0.999. The average Bonchev–Trinajstić information content (AvgIpc) is 2.36. The van der Waals surface area contributed by atoms with Crippen molar-refractivity contribution in [3.05, 3.63) is 60.5 Å². The summed E-state index contributed by atoms with van der Waals surface area (Å²) in [5.41, 5.74) is 0.876. The molecule has 0 fully saturated rings. The molecule has 2 aromatic carbocycles. The van der Waals surface area contributed by atoms with E-state index in [4.69, 9.17) is 6.85 Å². The number of rotatable bonds is 1. The number of hydrogen-bond acceptors (Lipinski definition) is 0. The highest BCUT2D eigenvalue weighted by Gasteiger charge is 1.91. The fraction of sp³-hybridized carbons (Fsp3) is 0. The lowest BCUT2D eigenvalue weighted by molar-refractivity contribution is 1.62. The minimum Gasteiger partial charge on any atom is -0.0622 e. The Morgan fingerprint density at radius 1 is 0.750 bits per heavy atom. The van der Waals surface area contributed by atoms with Gasteiger partial charge in [0, 0.05) is 0 Å². The van der Waals surface area contributed by atoms with Crippen molar-refractivity contribution < 1.29 is 6.85 Å². The maximum Gasteiger partial charge on any atom is 0.0629 e. The monoisotopic (exact) mass is 159 g/mol. The first-order chi connectivity index (χ1) is 8.04. The van der Waals surface area contributed by atoms with Gasteiger partial charge in [0.05, 0.1) is 6.85 Å². The van der Waals surface area contributed by atoms with Crippen molar-refractivity contribution in [3.8, 4) is 11.1 Å². The minimum atomic E-state index is -0.361. The summed E-state index contributed by atoms with van der Waals surface area (Å²) in [6.45, 7) is 0. The Hall–Kier alpha value is -1.56. The second-order valence-corrected chi connectivity index (χ2v) is 2.37. The molecule has 0 aliphatic heterocycles. The normalized spacial score (nSPS) is 15.5. The molecule has 0 nitrogen and oxygen atoms in total. The molecule has 2 rings (SSSR count). The van der Waals surface area contributed by atoms with E-state index in [1.807, 2.05) is 6.07 Å². The number of benzene rings is 2. The highest BCUT2D eigenvalue weighted by Crippen LogP contribution is 2.17. The summed E-state index contributed by atoms with van der Waals surface area (Å²) >= 11 is 0. The Labute approximate surface area is 79.5 Å². The first kappa shape index (κ1) is 3.44. The first-order valence-electron chi connectivity index (χ1n) is 6.16. The van der Waals surface area contributed by atoms with Gasteiger partial charge in [-0.1, -0.05) is 60.5 Å². The predicted molar refractivity (Wildman–Crippen MR) is 51.9 cm³/mol. The van der Waals surface area contributed by atoms with E-state index in [9.17, 15) is 0 Å². The van der Waals surface area contributed by atoms with Gasteiger partial charge >= 0.3 is 0 Å². The zero-order valence-electron chi connectivity index (χ0n) is 11.4. The van der Waals surface area contributed by atoms with Gasteiger partial charge in [0.25, 0.3) is 0 Å². The third kappa shape index (κ3) is 1.37. The lowest BCUT2D eigenvalue weighted by atomic mass is 10.1. The second kappa shape index (κ2) is 3.22. The second-order valence-electron chi connectivity index (χ2n) is 2.37. The van der Waals surface area contributed by atoms with Gasteiger partial charge in [-0.3, -0.25) is 0 Å².